The van der Waals surface area contributed by atoms with Crippen LogP contribution < -0.4 is 9.47 Å². The highest BCUT2D eigenvalue weighted by atomic mass is 16.5. The average molecular weight is 246 g/mol. The Morgan fingerprint density at radius 2 is 2.22 bits per heavy atom. The fraction of sp³-hybridized carbons (Fsp3) is 0.500. The van der Waals surface area contributed by atoms with Gasteiger partial charge < -0.3 is 9.47 Å². The van der Waals surface area contributed by atoms with Gasteiger partial charge in [0.1, 0.15) is 23.6 Å². The predicted octanol–water partition coefficient (Wildman–Crippen LogP) is 2.14. The van der Waals surface area contributed by atoms with Gasteiger partial charge in [-0.3, -0.25) is 4.90 Å². The molecule has 0 saturated heterocycles. The molecule has 0 bridgehead atoms. The molecule has 0 N–H and O–H groups in total. The molecular weight excluding hydrogens is 228 g/mol. The molecule has 2 rings (SSSR count). The molecule has 0 aliphatic carbocycles. The molecule has 1 aromatic rings. The van der Waals surface area contributed by atoms with E-state index in [2.05, 4.69) is 6.07 Å². The minimum atomic E-state index is -0.329. The molecule has 4 heteroatoms. The zero-order chi connectivity index (χ0) is 13.3. The van der Waals surface area contributed by atoms with Crippen molar-refractivity contribution >= 4 is 0 Å². The van der Waals surface area contributed by atoms with Crippen molar-refractivity contribution in [1.29, 1.82) is 5.26 Å². The molecule has 96 valence electrons. The zero-order valence-corrected chi connectivity index (χ0v) is 11.2. The molecule has 18 heavy (non-hydrogen) atoms. The first-order valence-electron chi connectivity index (χ1n) is 6.00. The van der Waals surface area contributed by atoms with Gasteiger partial charge in [0.2, 0.25) is 0 Å². The molecule has 0 aromatic heterocycles. The topological polar surface area (TPSA) is 45.5 Å². The summed E-state index contributed by atoms with van der Waals surface area (Å²) in [7, 11) is 5.39. The van der Waals surface area contributed by atoms with Gasteiger partial charge in [0.05, 0.1) is 13.2 Å². The maximum Gasteiger partial charge on any atom is 0.127 e. The van der Waals surface area contributed by atoms with Crippen molar-refractivity contribution < 1.29 is 9.47 Å². The van der Waals surface area contributed by atoms with Gasteiger partial charge in [0, 0.05) is 17.5 Å². The van der Waals surface area contributed by atoms with Gasteiger partial charge in [-0.2, -0.15) is 5.26 Å². The molecule has 1 aromatic carbocycles. The number of fused-ring (bicyclic) bond motifs is 1. The summed E-state index contributed by atoms with van der Waals surface area (Å²) >= 11 is 0. The first-order chi connectivity index (χ1) is 8.56. The van der Waals surface area contributed by atoms with E-state index in [4.69, 9.17) is 9.47 Å². The highest BCUT2D eigenvalue weighted by Crippen LogP contribution is 2.38. The van der Waals surface area contributed by atoms with E-state index in [1.807, 2.05) is 38.1 Å². The molecule has 0 fully saturated rings. The summed E-state index contributed by atoms with van der Waals surface area (Å²) in [6.07, 6.45) is 1.09. The van der Waals surface area contributed by atoms with Crippen molar-refractivity contribution in [2.45, 2.75) is 25.5 Å². The molecular formula is C14H18N2O2. The Bertz CT molecular complexity index is 491. The van der Waals surface area contributed by atoms with Gasteiger partial charge in [-0.15, -0.1) is 0 Å². The van der Waals surface area contributed by atoms with E-state index in [1.165, 1.54) is 0 Å². The highest BCUT2D eigenvalue weighted by Gasteiger charge is 2.25. The smallest absolute Gasteiger partial charge is 0.127 e. The first kappa shape index (κ1) is 12.7. The monoisotopic (exact) mass is 246 g/mol. The lowest BCUT2D eigenvalue weighted by Gasteiger charge is -2.20. The van der Waals surface area contributed by atoms with E-state index in [-0.39, 0.29) is 12.1 Å². The number of nitriles is 1. The second-order valence-electron chi connectivity index (χ2n) is 4.83. The van der Waals surface area contributed by atoms with E-state index in [0.717, 1.165) is 29.0 Å². The molecule has 0 spiro atoms. The largest absolute Gasteiger partial charge is 0.496 e. The Balaban J connectivity index is 2.48. The number of methoxy groups -OCH3 is 1. The first-order valence-corrected chi connectivity index (χ1v) is 6.00. The van der Waals surface area contributed by atoms with Crippen LogP contribution in [0.2, 0.25) is 0 Å². The maximum absolute atomic E-state index is 9.28. The summed E-state index contributed by atoms with van der Waals surface area (Å²) in [5, 5.41) is 9.28. The van der Waals surface area contributed by atoms with Crippen molar-refractivity contribution in [2.24, 2.45) is 0 Å². The van der Waals surface area contributed by atoms with Crippen LogP contribution in [0.1, 0.15) is 24.1 Å². The van der Waals surface area contributed by atoms with Crippen molar-refractivity contribution in [3.63, 3.8) is 0 Å². The minimum Gasteiger partial charge on any atom is -0.496 e. The summed E-state index contributed by atoms with van der Waals surface area (Å²) in [5.41, 5.74) is 2.01. The van der Waals surface area contributed by atoms with Crippen LogP contribution in [0.4, 0.5) is 0 Å². The lowest BCUT2D eigenvalue weighted by molar-refractivity contribution is 0.254. The molecule has 1 aliphatic heterocycles. The Labute approximate surface area is 108 Å². The van der Waals surface area contributed by atoms with Gasteiger partial charge in [0.15, 0.2) is 0 Å². The second kappa shape index (κ2) is 4.87. The molecule has 2 unspecified atom stereocenters. The Kier molecular flexibility index (Phi) is 3.44. The van der Waals surface area contributed by atoms with Crippen LogP contribution in [0.3, 0.4) is 0 Å². The van der Waals surface area contributed by atoms with Crippen molar-refractivity contribution in [2.75, 3.05) is 21.2 Å². The quantitative estimate of drug-likeness (QED) is 0.819. The van der Waals surface area contributed by atoms with Crippen LogP contribution in [0.15, 0.2) is 12.1 Å². The number of hydrogen-bond acceptors (Lipinski definition) is 4. The minimum absolute atomic E-state index is 0.194. The van der Waals surface area contributed by atoms with Gasteiger partial charge in [-0.05, 0) is 33.2 Å². The van der Waals surface area contributed by atoms with E-state index < -0.39 is 0 Å². The maximum atomic E-state index is 9.28. The zero-order valence-electron chi connectivity index (χ0n) is 11.2. The molecule has 0 radical (unpaired) electrons. The molecule has 2 atom stereocenters. The van der Waals surface area contributed by atoms with Gasteiger partial charge >= 0.3 is 0 Å². The normalized spacial score (nSPS) is 19.0. The van der Waals surface area contributed by atoms with E-state index in [1.54, 1.807) is 7.11 Å². The second-order valence-corrected chi connectivity index (χ2v) is 4.83. The number of ether oxygens (including phenoxy) is 2. The van der Waals surface area contributed by atoms with Crippen molar-refractivity contribution in [3.8, 4) is 17.6 Å². The molecule has 1 heterocycles. The van der Waals surface area contributed by atoms with E-state index in [9.17, 15) is 5.26 Å². The lowest BCUT2D eigenvalue weighted by Crippen LogP contribution is -2.19. The average Bonchev–Trinajstić information content (AvgIpc) is 2.67. The summed E-state index contributed by atoms with van der Waals surface area (Å²) in [6.45, 7) is 2.04. The Hall–Kier alpha value is -1.73. The summed E-state index contributed by atoms with van der Waals surface area (Å²) in [5.74, 6) is 1.63. The van der Waals surface area contributed by atoms with Gasteiger partial charge in [-0.1, -0.05) is 0 Å². The molecule has 0 saturated carbocycles. The summed E-state index contributed by atoms with van der Waals surface area (Å²) in [4.78, 5) is 1.86. The summed E-state index contributed by atoms with van der Waals surface area (Å²) in [6, 6.07) is 5.88. The van der Waals surface area contributed by atoms with Gasteiger partial charge in [-0.25, -0.2) is 0 Å². The van der Waals surface area contributed by atoms with Crippen molar-refractivity contribution in [1.82, 2.24) is 4.90 Å². The number of rotatable bonds is 3. The number of hydrogen-bond donors (Lipinski definition) is 0. The third kappa shape index (κ3) is 2.14. The van der Waals surface area contributed by atoms with Crippen LogP contribution in [-0.2, 0) is 6.42 Å². The van der Waals surface area contributed by atoms with E-state index >= 15 is 0 Å². The predicted molar refractivity (Wildman–Crippen MR) is 68.8 cm³/mol. The van der Waals surface area contributed by atoms with E-state index in [0.29, 0.717) is 0 Å². The third-order valence-corrected chi connectivity index (χ3v) is 3.18. The molecule has 0 amide bonds. The van der Waals surface area contributed by atoms with Crippen molar-refractivity contribution in [3.05, 3.63) is 23.3 Å². The Morgan fingerprint density at radius 1 is 1.50 bits per heavy atom. The number of benzene rings is 1. The lowest BCUT2D eigenvalue weighted by atomic mass is 10.0. The fourth-order valence-electron chi connectivity index (χ4n) is 2.31. The van der Waals surface area contributed by atoms with Crippen LogP contribution in [0, 0.1) is 11.3 Å². The van der Waals surface area contributed by atoms with Crippen LogP contribution in [-0.4, -0.2) is 32.2 Å². The van der Waals surface area contributed by atoms with Gasteiger partial charge in [0.25, 0.3) is 0 Å². The molecule has 4 nitrogen and oxygen atoms in total. The third-order valence-electron chi connectivity index (χ3n) is 3.18. The fourth-order valence-corrected chi connectivity index (χ4v) is 2.31. The van der Waals surface area contributed by atoms with Crippen LogP contribution in [0.5, 0.6) is 11.5 Å². The Morgan fingerprint density at radius 3 is 2.78 bits per heavy atom. The van der Waals surface area contributed by atoms with Crippen LogP contribution >= 0.6 is 0 Å². The molecule has 1 aliphatic rings. The highest BCUT2D eigenvalue weighted by molar-refractivity contribution is 5.51. The number of nitrogens with zero attached hydrogens (tertiary/aromatic N) is 2. The summed E-state index contributed by atoms with van der Waals surface area (Å²) < 4.78 is 11.1. The standard InChI is InChI=1S/C14H18N2O2/c1-9-5-10-6-14(17-4)11(7-13(10)18-9)12(8-15)16(2)3/h6-7,9,12H,5H2,1-4H3. The SMILES string of the molecule is COc1cc2c(cc1C(C#N)N(C)C)OC(C)C2. The van der Waals surface area contributed by atoms with Crippen LogP contribution in [0.25, 0.3) is 0 Å².